The monoisotopic (exact) mass is 1370 g/mol. The molecule has 0 spiro atoms. The van der Waals surface area contributed by atoms with Crippen molar-refractivity contribution >= 4 is 41.8 Å². The third-order valence-corrected chi connectivity index (χ3v) is 10.4. The fourth-order valence-corrected chi connectivity index (χ4v) is 5.21. The molecule has 93 heavy (non-hydrogen) atoms. The minimum atomic E-state index is -6.65. The van der Waals surface area contributed by atoms with Gasteiger partial charge in [-0.25, -0.2) is 33.6 Å². The first-order valence-corrected chi connectivity index (χ1v) is 27.9. The van der Waals surface area contributed by atoms with Crippen LogP contribution in [0.5, 0.6) is 0 Å². The molecule has 0 unspecified atom stereocenters. The summed E-state index contributed by atoms with van der Waals surface area (Å²) in [5.41, 5.74) is 0.107. The SMILES string of the molecule is C=C(C)C(=O)OCC(O)COC(=O)C(=C)C.C=CC(=O)OCC(F)(F)C(F)(F)C(F)(F)C(F)(F)COC(=O)C=C.C=CC(=O)OCCOCC(CC)(COCCOC)COCCOC(=O)C=C.C=CC(=O)OCCOCCOCCOCCOCCOCCOCCO. The van der Waals surface area contributed by atoms with Gasteiger partial charge in [-0.15, -0.1) is 0 Å². The summed E-state index contributed by atoms with van der Waals surface area (Å²) in [7, 11) is 1.61. The third-order valence-electron chi connectivity index (χ3n) is 10.4. The average Bonchev–Trinajstić information content (AvgIpc) is 0.744. The summed E-state index contributed by atoms with van der Waals surface area (Å²) in [4.78, 5) is 75.7. The Morgan fingerprint density at radius 3 is 0.882 bits per heavy atom. The van der Waals surface area contributed by atoms with Crippen molar-refractivity contribution in [2.24, 2.45) is 5.41 Å². The molecule has 0 aromatic heterocycles. The Morgan fingerprint density at radius 2 is 0.634 bits per heavy atom. The Balaban J connectivity index is -0.000000576. The van der Waals surface area contributed by atoms with Crippen LogP contribution >= 0.6 is 0 Å². The summed E-state index contributed by atoms with van der Waals surface area (Å²) in [6.45, 7) is 30.1. The first-order valence-electron chi connectivity index (χ1n) is 27.9. The van der Waals surface area contributed by atoms with Crippen LogP contribution in [0.3, 0.4) is 0 Å². The number of ether oxygens (including phenoxy) is 17. The zero-order valence-corrected chi connectivity index (χ0v) is 52.9. The van der Waals surface area contributed by atoms with Crippen LogP contribution in [0.2, 0.25) is 0 Å². The highest BCUT2D eigenvalue weighted by Crippen LogP contribution is 2.52. The van der Waals surface area contributed by atoms with Gasteiger partial charge in [0.25, 0.3) is 0 Å². The largest absolute Gasteiger partial charge is 0.460 e. The molecule has 2 N–H and O–H groups in total. The minimum absolute atomic E-state index is 0.0248. The molecular formula is C59H90F8O26. The standard InChI is InChI=1S/C19H32O8.C17H32O9.C12H10F8O4.C11H16O5/c1-5-17(20)26-12-10-24-15-19(7-3,14-23-9-8-22-4)16-25-11-13-27-18(21)6-2;1-2-17(19)26-16-15-25-14-13-24-12-11-23-10-9-22-8-7-21-6-5-20-4-3-18;1-3-7(21)23-5-9(13,14)11(17,18)12(19,20)10(15,16)6-24-8(22)4-2;1-7(2)10(13)15-5-9(12)6-16-11(14)8(3)4/h5-6H,1-2,7-16H2,3-4H3;2,18H,1,3-16H2;3-4H,1-2,5-6H2;9,12H,1,3,5-6H2,2,4H3. The first-order chi connectivity index (χ1) is 43.8. The summed E-state index contributed by atoms with van der Waals surface area (Å²) >= 11 is 0. The third kappa shape index (κ3) is 48.8. The summed E-state index contributed by atoms with van der Waals surface area (Å²) in [6, 6.07) is 0. The molecule has 0 heterocycles. The van der Waals surface area contributed by atoms with Crippen LogP contribution in [-0.4, -0.2) is 267 Å². The van der Waals surface area contributed by atoms with Gasteiger partial charge in [-0.2, -0.15) is 35.1 Å². The fraction of sp³-hybridized carbons (Fsp3) is 0.644. The molecule has 0 aromatic rings. The lowest BCUT2D eigenvalue weighted by Gasteiger charge is -2.36. The lowest BCUT2D eigenvalue weighted by atomic mass is 9.88. The number of aliphatic hydroxyl groups is 2. The van der Waals surface area contributed by atoms with Gasteiger partial charge >= 0.3 is 65.5 Å². The minimum Gasteiger partial charge on any atom is -0.460 e. The Kier molecular flexibility index (Phi) is 56.8. The highest BCUT2D eigenvalue weighted by molar-refractivity contribution is 5.87. The van der Waals surface area contributed by atoms with Crippen molar-refractivity contribution in [2.45, 2.75) is 57.0 Å². The number of rotatable bonds is 54. The zero-order chi connectivity index (χ0) is 71.6. The molecule has 0 amide bonds. The number of hydrogen-bond acceptors (Lipinski definition) is 26. The molecule has 538 valence electrons. The van der Waals surface area contributed by atoms with E-state index in [1.54, 1.807) is 7.11 Å². The molecule has 0 aromatic carbocycles. The molecule has 0 saturated heterocycles. The quantitative estimate of drug-likeness (QED) is 0.0268. The normalized spacial score (nSPS) is 11.3. The maximum absolute atomic E-state index is 13.3. The van der Waals surface area contributed by atoms with Gasteiger partial charge in [0.2, 0.25) is 0 Å². The molecule has 34 heteroatoms. The van der Waals surface area contributed by atoms with Gasteiger partial charge in [0, 0.05) is 54.1 Å². The van der Waals surface area contributed by atoms with Gasteiger partial charge in [0.1, 0.15) is 39.1 Å². The van der Waals surface area contributed by atoms with Crippen LogP contribution < -0.4 is 0 Å². The van der Waals surface area contributed by atoms with E-state index in [9.17, 15) is 73.8 Å². The predicted molar refractivity (Wildman–Crippen MR) is 312 cm³/mol. The van der Waals surface area contributed by atoms with E-state index in [1.807, 2.05) is 6.92 Å². The maximum Gasteiger partial charge on any atom is 0.381 e. The van der Waals surface area contributed by atoms with Crippen LogP contribution in [-0.2, 0) is 114 Å². The lowest BCUT2D eigenvalue weighted by Crippen LogP contribution is -2.64. The Labute approximate surface area is 535 Å². The number of aliphatic hydroxyl groups excluding tert-OH is 2. The molecule has 0 aliphatic heterocycles. The second-order valence-electron chi connectivity index (χ2n) is 18.1. The average molecular weight is 1370 g/mol. The van der Waals surface area contributed by atoms with Gasteiger partial charge in [0.15, 0.2) is 13.2 Å². The van der Waals surface area contributed by atoms with Crippen LogP contribution in [0.1, 0.15) is 27.2 Å². The number of hydrogen-bond donors (Lipinski definition) is 2. The number of halogens is 8. The molecule has 0 bridgehead atoms. The molecule has 0 saturated carbocycles. The van der Waals surface area contributed by atoms with Crippen LogP contribution in [0.4, 0.5) is 35.1 Å². The molecule has 0 rings (SSSR count). The number of alkyl halides is 8. The van der Waals surface area contributed by atoms with Gasteiger partial charge < -0.3 is 90.7 Å². The molecule has 0 aliphatic rings. The first kappa shape index (κ1) is 92.8. The van der Waals surface area contributed by atoms with E-state index >= 15 is 0 Å². The van der Waals surface area contributed by atoms with E-state index in [0.29, 0.717) is 112 Å². The predicted octanol–water partition coefficient (Wildman–Crippen LogP) is 4.92. The summed E-state index contributed by atoms with van der Waals surface area (Å²) in [6.07, 6.45) is 3.54. The van der Waals surface area contributed by atoms with Gasteiger partial charge in [-0.1, -0.05) is 53.0 Å². The fourth-order valence-electron chi connectivity index (χ4n) is 5.21. The lowest BCUT2D eigenvalue weighted by molar-refractivity contribution is -0.374. The number of carbonyl (C=O) groups excluding carboxylic acids is 7. The van der Waals surface area contributed by atoms with Crippen molar-refractivity contribution in [1.29, 1.82) is 0 Å². The Morgan fingerprint density at radius 1 is 0.387 bits per heavy atom. The summed E-state index contributed by atoms with van der Waals surface area (Å²) in [5.74, 6) is -31.0. The molecule has 0 radical (unpaired) electrons. The number of carbonyl (C=O) groups is 7. The van der Waals surface area contributed by atoms with E-state index in [2.05, 4.69) is 65.0 Å². The van der Waals surface area contributed by atoms with E-state index in [1.165, 1.54) is 13.8 Å². The van der Waals surface area contributed by atoms with Crippen molar-refractivity contribution < 1.29 is 159 Å². The molecule has 0 aliphatic carbocycles. The zero-order valence-electron chi connectivity index (χ0n) is 52.9. The van der Waals surface area contributed by atoms with Gasteiger partial charge in [0.05, 0.1) is 132 Å². The molecule has 0 atom stereocenters. The van der Waals surface area contributed by atoms with Gasteiger partial charge in [-0.3, -0.25) is 0 Å². The van der Waals surface area contributed by atoms with Crippen LogP contribution in [0, 0.1) is 5.41 Å². The molecular weight excluding hydrogens is 1280 g/mol. The topological polar surface area (TPSA) is 317 Å². The Hall–Kier alpha value is -6.57. The van der Waals surface area contributed by atoms with E-state index in [4.69, 9.17) is 66.7 Å². The van der Waals surface area contributed by atoms with E-state index in [0.717, 1.165) is 24.6 Å². The van der Waals surface area contributed by atoms with Crippen molar-refractivity contribution in [2.75, 3.05) is 185 Å². The number of methoxy groups -OCH3 is 1. The number of esters is 7. The summed E-state index contributed by atoms with van der Waals surface area (Å²) in [5, 5.41) is 17.8. The van der Waals surface area contributed by atoms with Crippen molar-refractivity contribution in [3.63, 3.8) is 0 Å². The second-order valence-corrected chi connectivity index (χ2v) is 18.1. The highest BCUT2D eigenvalue weighted by Gasteiger charge is 2.81. The van der Waals surface area contributed by atoms with E-state index in [-0.39, 0.29) is 81.6 Å². The van der Waals surface area contributed by atoms with Crippen molar-refractivity contribution in [1.82, 2.24) is 0 Å². The molecule has 26 nitrogen and oxygen atoms in total. The van der Waals surface area contributed by atoms with Crippen LogP contribution in [0.15, 0.2) is 87.6 Å². The van der Waals surface area contributed by atoms with Crippen molar-refractivity contribution in [3.05, 3.63) is 87.6 Å². The Bertz CT molecular complexity index is 2060. The smallest absolute Gasteiger partial charge is 0.381 e. The van der Waals surface area contributed by atoms with Crippen LogP contribution in [0.25, 0.3) is 0 Å². The summed E-state index contributed by atoms with van der Waals surface area (Å²) < 4.78 is 190. The van der Waals surface area contributed by atoms with Gasteiger partial charge in [-0.05, 0) is 20.3 Å². The highest BCUT2D eigenvalue weighted by atomic mass is 19.4. The maximum atomic E-state index is 13.3. The second kappa shape index (κ2) is 56.9. The van der Waals surface area contributed by atoms with Crippen molar-refractivity contribution in [3.8, 4) is 0 Å². The molecule has 0 fully saturated rings. The van der Waals surface area contributed by atoms with E-state index < -0.39 is 84.8 Å².